The lowest BCUT2D eigenvalue weighted by atomic mass is 10.1. The van der Waals surface area contributed by atoms with Crippen molar-refractivity contribution in [1.29, 1.82) is 0 Å². The fourth-order valence-corrected chi connectivity index (χ4v) is 1.85. The van der Waals surface area contributed by atoms with Crippen molar-refractivity contribution in [3.63, 3.8) is 0 Å². The molecule has 22 heavy (non-hydrogen) atoms. The number of nitro benzene ring substituents is 1. The second-order valence-electron chi connectivity index (χ2n) is 4.95. The molecule has 114 valence electrons. The van der Waals surface area contributed by atoms with E-state index in [1.807, 2.05) is 24.3 Å². The molecule has 0 aliphatic heterocycles. The Hall–Kier alpha value is -2.70. The topological polar surface area (TPSA) is 95.6 Å². The molecule has 2 aromatic carbocycles. The summed E-state index contributed by atoms with van der Waals surface area (Å²) in [5.74, 6) is -1.96. The van der Waals surface area contributed by atoms with Crippen LogP contribution < -0.4 is 5.32 Å². The Balaban J connectivity index is 2.05. The van der Waals surface area contributed by atoms with Gasteiger partial charge in [0.15, 0.2) is 0 Å². The largest absolute Gasteiger partial charge is 0.349 e. The number of nitrogens with one attached hydrogen (secondary N) is 1. The van der Waals surface area contributed by atoms with Gasteiger partial charge in [-0.2, -0.15) is 0 Å². The zero-order valence-electron chi connectivity index (χ0n) is 11.9. The number of nitrogens with zero attached hydrogens (tertiary/aromatic N) is 1. The Kier molecular flexibility index (Phi) is 4.55. The van der Waals surface area contributed by atoms with E-state index < -0.39 is 10.8 Å². The van der Waals surface area contributed by atoms with Crippen LogP contribution in [0, 0.1) is 10.1 Å². The fourth-order valence-electron chi connectivity index (χ4n) is 1.85. The molecule has 0 aliphatic rings. The van der Waals surface area contributed by atoms with Crippen LogP contribution >= 0.6 is 0 Å². The molecule has 0 aromatic heterocycles. The van der Waals surface area contributed by atoms with E-state index in [9.17, 15) is 20.3 Å². The number of anilines is 1. The van der Waals surface area contributed by atoms with Crippen molar-refractivity contribution in [1.82, 2.24) is 0 Å². The molecule has 0 spiro atoms. The van der Waals surface area contributed by atoms with Crippen LogP contribution in [0.2, 0.25) is 0 Å². The number of benzene rings is 2. The van der Waals surface area contributed by atoms with Gasteiger partial charge in [-0.1, -0.05) is 24.3 Å². The minimum atomic E-state index is -1.96. The summed E-state index contributed by atoms with van der Waals surface area (Å²) in [5, 5.41) is 31.6. The van der Waals surface area contributed by atoms with E-state index in [1.165, 1.54) is 19.1 Å². The summed E-state index contributed by atoms with van der Waals surface area (Å²) in [5.41, 5.74) is 2.41. The van der Waals surface area contributed by atoms with Crippen LogP contribution in [0.4, 0.5) is 11.4 Å². The van der Waals surface area contributed by atoms with Crippen LogP contribution in [-0.2, 0) is 0 Å². The third-order valence-corrected chi connectivity index (χ3v) is 2.86. The second-order valence-corrected chi connectivity index (χ2v) is 4.95. The number of rotatable bonds is 5. The number of hydrogen-bond donors (Lipinski definition) is 3. The van der Waals surface area contributed by atoms with Crippen LogP contribution in [0.25, 0.3) is 12.2 Å². The Bertz CT molecular complexity index is 671. The molecule has 3 N–H and O–H groups in total. The van der Waals surface area contributed by atoms with Crippen molar-refractivity contribution in [3.05, 3.63) is 69.8 Å². The molecule has 0 unspecified atom stereocenters. The van der Waals surface area contributed by atoms with Gasteiger partial charge in [0, 0.05) is 24.7 Å². The first-order valence-corrected chi connectivity index (χ1v) is 6.59. The first-order chi connectivity index (χ1) is 10.3. The summed E-state index contributed by atoms with van der Waals surface area (Å²) in [6.45, 7) is 1.23. The van der Waals surface area contributed by atoms with Gasteiger partial charge in [-0.15, -0.1) is 0 Å². The molecule has 0 saturated carbocycles. The van der Waals surface area contributed by atoms with Gasteiger partial charge in [-0.05, 0) is 35.4 Å². The smallest absolute Gasteiger partial charge is 0.269 e. The third kappa shape index (κ3) is 4.69. The van der Waals surface area contributed by atoms with Crippen LogP contribution in [0.3, 0.4) is 0 Å². The maximum absolute atomic E-state index is 10.6. The van der Waals surface area contributed by atoms with E-state index in [2.05, 4.69) is 5.32 Å². The molecule has 0 heterocycles. The average molecular weight is 300 g/mol. The summed E-state index contributed by atoms with van der Waals surface area (Å²) in [4.78, 5) is 10.1. The van der Waals surface area contributed by atoms with Crippen LogP contribution in [0.5, 0.6) is 0 Å². The highest BCUT2D eigenvalue weighted by atomic mass is 16.6. The predicted octanol–water partition coefficient (Wildman–Crippen LogP) is 2.84. The summed E-state index contributed by atoms with van der Waals surface area (Å²) in [6.07, 6.45) is 3.70. The van der Waals surface area contributed by atoms with Crippen molar-refractivity contribution in [3.8, 4) is 0 Å². The zero-order chi connectivity index (χ0) is 16.2. The van der Waals surface area contributed by atoms with Crippen molar-refractivity contribution in [2.75, 3.05) is 5.32 Å². The first-order valence-electron chi connectivity index (χ1n) is 6.59. The Morgan fingerprint density at radius 2 is 1.45 bits per heavy atom. The van der Waals surface area contributed by atoms with Crippen molar-refractivity contribution in [2.45, 2.75) is 12.8 Å². The molecule has 2 rings (SSSR count). The Labute approximate surface area is 127 Å². The van der Waals surface area contributed by atoms with Gasteiger partial charge in [0.25, 0.3) is 5.69 Å². The van der Waals surface area contributed by atoms with E-state index >= 15 is 0 Å². The molecule has 0 saturated heterocycles. The SMILES string of the molecule is CC(O)(O)Nc1ccc(/C=C/c2ccc([N+](=O)[O-])cc2)cc1. The van der Waals surface area contributed by atoms with E-state index in [4.69, 9.17) is 0 Å². The van der Waals surface area contributed by atoms with E-state index in [1.54, 1.807) is 24.3 Å². The van der Waals surface area contributed by atoms with E-state index in [0.29, 0.717) is 5.69 Å². The lowest BCUT2D eigenvalue weighted by Crippen LogP contribution is -2.33. The molecular weight excluding hydrogens is 284 g/mol. The van der Waals surface area contributed by atoms with Crippen LogP contribution in [0.1, 0.15) is 18.1 Å². The zero-order valence-corrected chi connectivity index (χ0v) is 11.9. The molecule has 0 fully saturated rings. The lowest BCUT2D eigenvalue weighted by Gasteiger charge is -2.18. The molecule has 0 aliphatic carbocycles. The van der Waals surface area contributed by atoms with E-state index in [0.717, 1.165) is 11.1 Å². The molecular formula is C16H16N2O4. The molecule has 0 atom stereocenters. The predicted molar refractivity (Wildman–Crippen MR) is 84.9 cm³/mol. The highest BCUT2D eigenvalue weighted by molar-refractivity contribution is 5.70. The monoisotopic (exact) mass is 300 g/mol. The van der Waals surface area contributed by atoms with Gasteiger partial charge in [0.1, 0.15) is 0 Å². The van der Waals surface area contributed by atoms with Gasteiger partial charge >= 0.3 is 0 Å². The minimum Gasteiger partial charge on any atom is -0.349 e. The van der Waals surface area contributed by atoms with Crippen LogP contribution in [-0.4, -0.2) is 21.0 Å². The fraction of sp³-hybridized carbons (Fsp3) is 0.125. The van der Waals surface area contributed by atoms with Gasteiger partial charge in [0.05, 0.1) is 4.92 Å². The normalized spacial score (nSPS) is 11.6. The maximum Gasteiger partial charge on any atom is 0.269 e. The first kappa shape index (κ1) is 15.7. The number of hydrogen-bond acceptors (Lipinski definition) is 5. The molecule has 6 nitrogen and oxygen atoms in total. The quantitative estimate of drug-likeness (QED) is 0.341. The van der Waals surface area contributed by atoms with Gasteiger partial charge in [-0.3, -0.25) is 10.1 Å². The number of non-ortho nitro benzene ring substituents is 1. The molecule has 0 bridgehead atoms. The second kappa shape index (κ2) is 6.38. The number of nitro groups is 1. The lowest BCUT2D eigenvalue weighted by molar-refractivity contribution is -0.384. The van der Waals surface area contributed by atoms with Crippen LogP contribution in [0.15, 0.2) is 48.5 Å². The van der Waals surface area contributed by atoms with Crippen molar-refractivity contribution >= 4 is 23.5 Å². The average Bonchev–Trinajstić information content (AvgIpc) is 2.45. The van der Waals surface area contributed by atoms with Crippen molar-refractivity contribution in [2.24, 2.45) is 0 Å². The Morgan fingerprint density at radius 1 is 1.00 bits per heavy atom. The standard InChI is InChI=1S/C16H16N2O4/c1-16(19,20)17-14-8-4-12(5-9-14)2-3-13-6-10-15(11-7-13)18(21)22/h2-11,17,19-20H,1H3/b3-2+. The number of aliphatic hydroxyl groups is 2. The summed E-state index contributed by atoms with van der Waals surface area (Å²) in [7, 11) is 0. The maximum atomic E-state index is 10.6. The van der Waals surface area contributed by atoms with E-state index in [-0.39, 0.29) is 5.69 Å². The van der Waals surface area contributed by atoms with Crippen molar-refractivity contribution < 1.29 is 15.1 Å². The summed E-state index contributed by atoms with van der Waals surface area (Å²) >= 11 is 0. The summed E-state index contributed by atoms with van der Waals surface area (Å²) < 4.78 is 0. The summed E-state index contributed by atoms with van der Waals surface area (Å²) in [6, 6.07) is 13.3. The van der Waals surface area contributed by atoms with Gasteiger partial charge in [-0.25, -0.2) is 0 Å². The van der Waals surface area contributed by atoms with Gasteiger partial charge in [0.2, 0.25) is 5.91 Å². The highest BCUT2D eigenvalue weighted by Gasteiger charge is 2.13. The minimum absolute atomic E-state index is 0.0589. The molecule has 2 aromatic rings. The molecule has 0 amide bonds. The van der Waals surface area contributed by atoms with Gasteiger partial charge < -0.3 is 15.5 Å². The highest BCUT2D eigenvalue weighted by Crippen LogP contribution is 2.16. The molecule has 0 radical (unpaired) electrons. The third-order valence-electron chi connectivity index (χ3n) is 2.86. The Morgan fingerprint density at radius 3 is 1.86 bits per heavy atom. The molecule has 6 heteroatoms.